The number of sulfonamides is 1. The summed E-state index contributed by atoms with van der Waals surface area (Å²) in [6, 6.07) is 12.8. The van der Waals surface area contributed by atoms with Gasteiger partial charge in [0.05, 0.1) is 16.8 Å². The molecule has 0 saturated carbocycles. The van der Waals surface area contributed by atoms with Crippen molar-refractivity contribution in [1.29, 1.82) is 0 Å². The Bertz CT molecular complexity index is 1540. The Labute approximate surface area is 249 Å². The SMILES string of the molecule is CCS(=O)(=O)N1CCC(c2c[nH]c3c(C(N)=O)cc(-c4cccc(CN[C@H](C)C(C)C)c4)cc23)CC1.O=C(O)C(F)(F)F. The molecule has 3 aromatic rings. The second-order valence-corrected chi connectivity index (χ2v) is 13.3. The highest BCUT2D eigenvalue weighted by atomic mass is 32.2. The lowest BCUT2D eigenvalue weighted by molar-refractivity contribution is -0.192. The molecule has 1 aliphatic rings. The normalized spacial score (nSPS) is 15.7. The van der Waals surface area contributed by atoms with Crippen LogP contribution in [0.2, 0.25) is 0 Å². The van der Waals surface area contributed by atoms with Crippen molar-refractivity contribution in [2.75, 3.05) is 18.8 Å². The predicted molar refractivity (Wildman–Crippen MR) is 160 cm³/mol. The third kappa shape index (κ3) is 8.58. The van der Waals surface area contributed by atoms with Gasteiger partial charge in [0.15, 0.2) is 0 Å². The number of carboxylic acids is 1. The monoisotopic (exact) mass is 624 g/mol. The number of rotatable bonds is 9. The third-order valence-electron chi connectivity index (χ3n) is 7.87. The van der Waals surface area contributed by atoms with Gasteiger partial charge in [0.2, 0.25) is 10.0 Å². The molecule has 0 unspecified atom stereocenters. The molecule has 0 aliphatic carbocycles. The number of aliphatic carboxylic acids is 1. The molecule has 1 aromatic heterocycles. The summed E-state index contributed by atoms with van der Waals surface area (Å²) in [7, 11) is -3.18. The molecule has 1 aliphatic heterocycles. The number of piperidine rings is 1. The van der Waals surface area contributed by atoms with Gasteiger partial charge in [-0.2, -0.15) is 13.2 Å². The van der Waals surface area contributed by atoms with E-state index in [1.54, 1.807) is 11.2 Å². The number of carbonyl (C=O) groups excluding carboxylic acids is 1. The Balaban J connectivity index is 0.000000646. The van der Waals surface area contributed by atoms with Gasteiger partial charge in [-0.05, 0) is 79.0 Å². The minimum atomic E-state index is -5.08. The van der Waals surface area contributed by atoms with Gasteiger partial charge in [-0.3, -0.25) is 4.79 Å². The molecule has 0 radical (unpaired) electrons. The lowest BCUT2D eigenvalue weighted by atomic mass is 9.88. The van der Waals surface area contributed by atoms with Crippen LogP contribution < -0.4 is 11.1 Å². The number of nitrogens with zero attached hydrogens (tertiary/aromatic N) is 1. The van der Waals surface area contributed by atoms with Gasteiger partial charge >= 0.3 is 12.1 Å². The van der Waals surface area contributed by atoms with Gasteiger partial charge in [0.1, 0.15) is 0 Å². The summed E-state index contributed by atoms with van der Waals surface area (Å²) in [5.41, 5.74) is 11.3. The summed E-state index contributed by atoms with van der Waals surface area (Å²) >= 11 is 0. The first kappa shape index (κ1) is 34.1. The van der Waals surface area contributed by atoms with Crippen LogP contribution in [0.3, 0.4) is 0 Å². The first-order chi connectivity index (χ1) is 20.0. The molecule has 1 amide bonds. The Morgan fingerprint density at radius 3 is 2.28 bits per heavy atom. The molecule has 0 spiro atoms. The lowest BCUT2D eigenvalue weighted by Crippen LogP contribution is -2.38. The Hall–Kier alpha value is -3.42. The standard InChI is InChI=1S/C28H38N4O3S.C2HF3O2/c1-5-36(34,35)32-11-9-21(10-12-32)26-17-31-27-24(26)14-23(15-25(27)28(29)33)22-8-6-7-20(13-22)16-30-19(4)18(2)3;3-2(4,5)1(6)7/h6-8,13-15,17-19,21,30-31H,5,9-12,16H2,1-4H3,(H2,29,33);(H,6,7)/t19-;/m1./s1. The van der Waals surface area contributed by atoms with Crippen molar-refractivity contribution in [2.45, 2.75) is 65.2 Å². The smallest absolute Gasteiger partial charge is 0.475 e. The number of hydrogen-bond donors (Lipinski definition) is 4. The minimum absolute atomic E-state index is 0.126. The average Bonchev–Trinajstić information content (AvgIpc) is 3.39. The minimum Gasteiger partial charge on any atom is -0.475 e. The van der Waals surface area contributed by atoms with Crippen molar-refractivity contribution < 1.29 is 36.3 Å². The molecule has 2 heterocycles. The fraction of sp³-hybridized carbons (Fsp3) is 0.467. The van der Waals surface area contributed by atoms with Gasteiger partial charge in [0, 0.05) is 37.3 Å². The maximum atomic E-state index is 12.4. The molecule has 4 rings (SSSR count). The van der Waals surface area contributed by atoms with Crippen molar-refractivity contribution in [3.05, 3.63) is 59.3 Å². The largest absolute Gasteiger partial charge is 0.490 e. The topological polar surface area (TPSA) is 146 Å². The van der Waals surface area contributed by atoms with E-state index in [2.05, 4.69) is 55.3 Å². The van der Waals surface area contributed by atoms with E-state index in [0.717, 1.165) is 47.0 Å². The van der Waals surface area contributed by atoms with Crippen LogP contribution in [-0.2, 0) is 21.4 Å². The van der Waals surface area contributed by atoms with Gasteiger partial charge in [-0.15, -0.1) is 0 Å². The van der Waals surface area contributed by atoms with E-state index in [1.165, 1.54) is 5.56 Å². The fourth-order valence-corrected chi connectivity index (χ4v) is 6.09. The highest BCUT2D eigenvalue weighted by Gasteiger charge is 2.38. The fourth-order valence-electron chi connectivity index (χ4n) is 4.95. The van der Waals surface area contributed by atoms with Crippen molar-refractivity contribution in [2.24, 2.45) is 11.7 Å². The number of carboxylic acid groups (broad SMARTS) is 1. The molecule has 2 aromatic carbocycles. The maximum Gasteiger partial charge on any atom is 0.490 e. The van der Waals surface area contributed by atoms with E-state index in [9.17, 15) is 26.4 Å². The van der Waals surface area contributed by atoms with Crippen LogP contribution in [0.4, 0.5) is 13.2 Å². The molecule has 1 saturated heterocycles. The average molecular weight is 625 g/mol. The zero-order chi connectivity index (χ0) is 32.1. The van der Waals surface area contributed by atoms with Crippen molar-refractivity contribution in [3.63, 3.8) is 0 Å². The number of nitrogens with one attached hydrogen (secondary N) is 2. The van der Waals surface area contributed by atoms with Crippen LogP contribution in [0.25, 0.3) is 22.0 Å². The predicted octanol–water partition coefficient (Wildman–Crippen LogP) is 5.23. The number of alkyl halides is 3. The summed E-state index contributed by atoms with van der Waals surface area (Å²) in [4.78, 5) is 24.6. The summed E-state index contributed by atoms with van der Waals surface area (Å²) < 4.78 is 57.9. The van der Waals surface area contributed by atoms with Crippen LogP contribution in [-0.4, -0.2) is 65.8 Å². The third-order valence-corrected chi connectivity index (χ3v) is 9.75. The van der Waals surface area contributed by atoms with Crippen molar-refractivity contribution in [3.8, 4) is 11.1 Å². The number of H-pyrrole nitrogens is 1. The van der Waals surface area contributed by atoms with Crippen LogP contribution in [0.5, 0.6) is 0 Å². The number of primary amides is 1. The summed E-state index contributed by atoms with van der Waals surface area (Å²) in [5.74, 6) is -2.34. The van der Waals surface area contributed by atoms with Crippen LogP contribution in [0.15, 0.2) is 42.6 Å². The number of fused-ring (bicyclic) bond motifs is 1. The number of hydrogen-bond acceptors (Lipinski definition) is 5. The quantitative estimate of drug-likeness (QED) is 0.257. The van der Waals surface area contributed by atoms with E-state index >= 15 is 0 Å². The van der Waals surface area contributed by atoms with Crippen LogP contribution in [0.1, 0.15) is 67.9 Å². The Kier molecular flexibility index (Phi) is 11.0. The number of benzene rings is 2. The van der Waals surface area contributed by atoms with E-state index in [0.29, 0.717) is 30.6 Å². The molecule has 1 fully saturated rings. The maximum absolute atomic E-state index is 12.4. The first-order valence-electron chi connectivity index (χ1n) is 14.1. The molecule has 5 N–H and O–H groups in total. The zero-order valence-corrected chi connectivity index (χ0v) is 25.5. The Morgan fingerprint density at radius 1 is 1.12 bits per heavy atom. The molecule has 1 atom stereocenters. The molecule has 13 heteroatoms. The molecular formula is C30H39F3N4O5S. The summed E-state index contributed by atoms with van der Waals surface area (Å²) in [5, 5.41) is 11.7. The van der Waals surface area contributed by atoms with Crippen molar-refractivity contribution >= 4 is 32.8 Å². The van der Waals surface area contributed by atoms with E-state index < -0.39 is 28.1 Å². The van der Waals surface area contributed by atoms with Crippen molar-refractivity contribution in [1.82, 2.24) is 14.6 Å². The molecule has 0 bridgehead atoms. The van der Waals surface area contributed by atoms with Gasteiger partial charge in [0.25, 0.3) is 5.91 Å². The molecule has 9 nitrogen and oxygen atoms in total. The highest BCUT2D eigenvalue weighted by Crippen LogP contribution is 2.37. The van der Waals surface area contributed by atoms with Crippen LogP contribution in [0, 0.1) is 5.92 Å². The Morgan fingerprint density at radius 2 is 1.74 bits per heavy atom. The summed E-state index contributed by atoms with van der Waals surface area (Å²) in [6.07, 6.45) is -1.63. The number of carbonyl (C=O) groups is 2. The van der Waals surface area contributed by atoms with E-state index in [-0.39, 0.29) is 11.7 Å². The first-order valence-corrected chi connectivity index (χ1v) is 15.7. The van der Waals surface area contributed by atoms with E-state index in [4.69, 9.17) is 15.6 Å². The van der Waals surface area contributed by atoms with E-state index in [1.807, 2.05) is 18.3 Å². The van der Waals surface area contributed by atoms with Crippen LogP contribution >= 0.6 is 0 Å². The molecule has 236 valence electrons. The lowest BCUT2D eigenvalue weighted by Gasteiger charge is -2.31. The molecular weight excluding hydrogens is 585 g/mol. The number of aromatic amines is 1. The summed E-state index contributed by atoms with van der Waals surface area (Å²) in [6.45, 7) is 10.1. The second-order valence-electron chi connectivity index (χ2n) is 11.0. The number of halogens is 3. The van der Waals surface area contributed by atoms with Gasteiger partial charge in [-0.1, -0.05) is 32.0 Å². The number of aromatic nitrogens is 1. The zero-order valence-electron chi connectivity index (χ0n) is 24.7. The number of amides is 1. The van der Waals surface area contributed by atoms with Gasteiger partial charge in [-0.25, -0.2) is 17.5 Å². The van der Waals surface area contributed by atoms with Gasteiger partial charge < -0.3 is 21.1 Å². The highest BCUT2D eigenvalue weighted by molar-refractivity contribution is 7.89. The number of nitrogens with two attached hydrogens (primary N) is 1. The molecule has 43 heavy (non-hydrogen) atoms. The second kappa shape index (κ2) is 13.9.